The van der Waals surface area contributed by atoms with Crippen molar-refractivity contribution in [2.24, 2.45) is 5.84 Å². The number of nitrogens with one attached hydrogen (secondary N) is 1. The summed E-state index contributed by atoms with van der Waals surface area (Å²) >= 11 is 0. The molecule has 3 N–H and O–H groups in total. The molecule has 0 aliphatic rings. The van der Waals surface area contributed by atoms with Crippen molar-refractivity contribution in [1.82, 2.24) is 10.4 Å². The van der Waals surface area contributed by atoms with Crippen LogP contribution in [0.25, 0.3) is 10.8 Å². The van der Waals surface area contributed by atoms with Crippen LogP contribution in [-0.2, 0) is 4.74 Å². The highest BCUT2D eigenvalue weighted by atomic mass is 16.5. The molecule has 1 aromatic heterocycles. The first-order valence-corrected chi connectivity index (χ1v) is 6.63. The smallest absolute Gasteiger partial charge is 0.0779 e. The molecule has 0 fully saturated rings. The van der Waals surface area contributed by atoms with E-state index in [1.54, 1.807) is 7.11 Å². The fourth-order valence-corrected chi connectivity index (χ4v) is 2.49. The topological polar surface area (TPSA) is 60.2 Å². The third-order valence-corrected chi connectivity index (χ3v) is 3.46. The third-order valence-electron chi connectivity index (χ3n) is 3.46. The first-order chi connectivity index (χ1) is 9.31. The van der Waals surface area contributed by atoms with Gasteiger partial charge in [-0.2, -0.15) is 0 Å². The first-order valence-electron chi connectivity index (χ1n) is 6.63. The predicted molar refractivity (Wildman–Crippen MR) is 77.5 cm³/mol. The van der Waals surface area contributed by atoms with Gasteiger partial charge in [-0.05, 0) is 17.4 Å². The van der Waals surface area contributed by atoms with Gasteiger partial charge in [0.2, 0.25) is 0 Å². The maximum absolute atomic E-state index is 5.74. The summed E-state index contributed by atoms with van der Waals surface area (Å²) in [6.45, 7) is 2.14. The number of nitrogens with zero attached hydrogens (tertiary/aromatic N) is 1. The van der Waals surface area contributed by atoms with Crippen LogP contribution >= 0.6 is 0 Å². The number of hydrazine groups is 1. The maximum Gasteiger partial charge on any atom is 0.0779 e. The molecule has 4 nitrogen and oxygen atoms in total. The molecule has 2 atom stereocenters. The second kappa shape index (κ2) is 6.61. The van der Waals surface area contributed by atoms with Crippen LogP contribution in [0.5, 0.6) is 0 Å². The Kier molecular flexibility index (Phi) is 4.85. The molecule has 4 heteroatoms. The van der Waals surface area contributed by atoms with Crippen molar-refractivity contribution in [3.63, 3.8) is 0 Å². The predicted octanol–water partition coefficient (Wildman–Crippen LogP) is 2.55. The molecule has 0 saturated carbocycles. The van der Waals surface area contributed by atoms with Crippen LogP contribution in [0.15, 0.2) is 36.7 Å². The van der Waals surface area contributed by atoms with Crippen LogP contribution in [0.1, 0.15) is 31.4 Å². The SMILES string of the molecule is CCCC(OC)C(NN)c1cncc2ccccc12. The van der Waals surface area contributed by atoms with Crippen LogP contribution in [0.4, 0.5) is 0 Å². The number of benzene rings is 1. The minimum Gasteiger partial charge on any atom is -0.379 e. The van der Waals surface area contributed by atoms with E-state index >= 15 is 0 Å². The Morgan fingerprint density at radius 2 is 2.11 bits per heavy atom. The number of hydrogen-bond acceptors (Lipinski definition) is 4. The molecular formula is C15H21N3O. The third kappa shape index (κ3) is 2.92. The zero-order valence-corrected chi connectivity index (χ0v) is 11.5. The molecule has 1 heterocycles. The van der Waals surface area contributed by atoms with Gasteiger partial charge < -0.3 is 4.74 Å². The molecule has 0 saturated heterocycles. The van der Waals surface area contributed by atoms with Gasteiger partial charge in [0.05, 0.1) is 12.1 Å². The average Bonchev–Trinajstić information content (AvgIpc) is 2.47. The minimum absolute atomic E-state index is 0.0441. The lowest BCUT2D eigenvalue weighted by Gasteiger charge is -2.26. The standard InChI is InChI=1S/C15H21N3O/c1-3-6-14(19-2)15(18-16)13-10-17-9-11-7-4-5-8-12(11)13/h4-5,7-10,14-15,18H,3,6,16H2,1-2H3. The summed E-state index contributed by atoms with van der Waals surface area (Å²) in [5.41, 5.74) is 3.97. The van der Waals surface area contributed by atoms with Gasteiger partial charge >= 0.3 is 0 Å². The molecule has 0 radical (unpaired) electrons. The van der Waals surface area contributed by atoms with E-state index < -0.39 is 0 Å². The van der Waals surface area contributed by atoms with Crippen molar-refractivity contribution < 1.29 is 4.74 Å². The number of ether oxygens (including phenoxy) is 1. The van der Waals surface area contributed by atoms with Crippen LogP contribution in [0.3, 0.4) is 0 Å². The zero-order chi connectivity index (χ0) is 13.7. The van der Waals surface area contributed by atoms with Gasteiger partial charge in [0.1, 0.15) is 0 Å². The second-order valence-electron chi connectivity index (χ2n) is 4.66. The van der Waals surface area contributed by atoms with Crippen molar-refractivity contribution in [3.05, 3.63) is 42.2 Å². The Morgan fingerprint density at radius 3 is 2.79 bits per heavy atom. The van der Waals surface area contributed by atoms with Crippen molar-refractivity contribution in [1.29, 1.82) is 0 Å². The Labute approximate surface area is 113 Å². The van der Waals surface area contributed by atoms with Gasteiger partial charge in [-0.1, -0.05) is 37.6 Å². The molecule has 19 heavy (non-hydrogen) atoms. The lowest BCUT2D eigenvalue weighted by atomic mass is 9.96. The van der Waals surface area contributed by atoms with E-state index in [-0.39, 0.29) is 12.1 Å². The summed E-state index contributed by atoms with van der Waals surface area (Å²) in [4.78, 5) is 4.31. The summed E-state index contributed by atoms with van der Waals surface area (Å²) < 4.78 is 5.58. The van der Waals surface area contributed by atoms with E-state index in [2.05, 4.69) is 29.5 Å². The van der Waals surface area contributed by atoms with Gasteiger partial charge in [-0.3, -0.25) is 16.3 Å². The van der Waals surface area contributed by atoms with Gasteiger partial charge in [-0.15, -0.1) is 0 Å². The summed E-state index contributed by atoms with van der Waals surface area (Å²) in [7, 11) is 1.73. The number of methoxy groups -OCH3 is 1. The quantitative estimate of drug-likeness (QED) is 0.618. The Balaban J connectivity index is 2.45. The Hall–Kier alpha value is -1.49. The summed E-state index contributed by atoms with van der Waals surface area (Å²) in [5.74, 6) is 5.74. The van der Waals surface area contributed by atoms with E-state index in [1.807, 2.05) is 24.5 Å². The fraction of sp³-hybridized carbons (Fsp3) is 0.400. The number of aromatic nitrogens is 1. The van der Waals surface area contributed by atoms with Crippen LogP contribution < -0.4 is 11.3 Å². The second-order valence-corrected chi connectivity index (χ2v) is 4.66. The molecule has 0 bridgehead atoms. The monoisotopic (exact) mass is 259 g/mol. The fourth-order valence-electron chi connectivity index (χ4n) is 2.49. The molecule has 2 unspecified atom stereocenters. The lowest BCUT2D eigenvalue weighted by molar-refractivity contribution is 0.0609. The van der Waals surface area contributed by atoms with Gasteiger partial charge in [0.25, 0.3) is 0 Å². The molecule has 0 aliphatic carbocycles. The minimum atomic E-state index is -0.0523. The van der Waals surface area contributed by atoms with E-state index in [1.165, 1.54) is 5.39 Å². The number of nitrogens with two attached hydrogens (primary N) is 1. The molecule has 1 aromatic carbocycles. The normalized spacial score (nSPS) is 14.5. The molecule has 0 spiro atoms. The van der Waals surface area contributed by atoms with E-state index in [4.69, 9.17) is 10.6 Å². The van der Waals surface area contributed by atoms with Gasteiger partial charge in [-0.25, -0.2) is 0 Å². The highest BCUT2D eigenvalue weighted by Gasteiger charge is 2.23. The summed E-state index contributed by atoms with van der Waals surface area (Å²) in [6, 6.07) is 8.14. The molecular weight excluding hydrogens is 238 g/mol. The molecule has 102 valence electrons. The van der Waals surface area contributed by atoms with Crippen LogP contribution in [0.2, 0.25) is 0 Å². The van der Waals surface area contributed by atoms with Crippen LogP contribution in [-0.4, -0.2) is 18.2 Å². The molecule has 2 aromatic rings. The number of pyridine rings is 1. The Morgan fingerprint density at radius 1 is 1.32 bits per heavy atom. The molecule has 0 amide bonds. The largest absolute Gasteiger partial charge is 0.379 e. The van der Waals surface area contributed by atoms with E-state index in [0.717, 1.165) is 23.8 Å². The first kappa shape index (κ1) is 13.9. The van der Waals surface area contributed by atoms with Crippen molar-refractivity contribution in [2.45, 2.75) is 31.9 Å². The number of fused-ring (bicyclic) bond motifs is 1. The van der Waals surface area contributed by atoms with Crippen LogP contribution in [0, 0.1) is 0 Å². The zero-order valence-electron chi connectivity index (χ0n) is 11.5. The van der Waals surface area contributed by atoms with Crippen molar-refractivity contribution in [3.8, 4) is 0 Å². The highest BCUT2D eigenvalue weighted by Crippen LogP contribution is 2.27. The average molecular weight is 259 g/mol. The summed E-state index contributed by atoms with van der Waals surface area (Å²) in [6.07, 6.45) is 5.79. The maximum atomic E-state index is 5.74. The molecule has 2 rings (SSSR count). The summed E-state index contributed by atoms with van der Waals surface area (Å²) in [5, 5.41) is 2.28. The van der Waals surface area contributed by atoms with Gasteiger partial charge in [0, 0.05) is 24.9 Å². The molecule has 0 aliphatic heterocycles. The van der Waals surface area contributed by atoms with Crippen molar-refractivity contribution >= 4 is 10.8 Å². The Bertz CT molecular complexity index is 524. The van der Waals surface area contributed by atoms with E-state index in [9.17, 15) is 0 Å². The van der Waals surface area contributed by atoms with E-state index in [0.29, 0.717) is 0 Å². The van der Waals surface area contributed by atoms with Gasteiger partial charge in [0.15, 0.2) is 0 Å². The number of rotatable bonds is 6. The van der Waals surface area contributed by atoms with Crippen molar-refractivity contribution in [2.75, 3.05) is 7.11 Å². The number of hydrogen-bond donors (Lipinski definition) is 2. The highest BCUT2D eigenvalue weighted by molar-refractivity contribution is 5.85. The lowest BCUT2D eigenvalue weighted by Crippen LogP contribution is -2.37.